The topological polar surface area (TPSA) is 62.0 Å². The van der Waals surface area contributed by atoms with Crippen molar-refractivity contribution in [2.45, 2.75) is 19.9 Å². The van der Waals surface area contributed by atoms with Crippen molar-refractivity contribution in [3.05, 3.63) is 69.1 Å². The minimum Gasteiger partial charge on any atom is -0.344 e. The maximum Gasteiger partial charge on any atom is 0.268 e. The normalized spacial score (nSPS) is 12.2. The van der Waals surface area contributed by atoms with Gasteiger partial charge in [0.2, 0.25) is 5.56 Å². The molecule has 0 bridgehead atoms. The van der Waals surface area contributed by atoms with E-state index in [2.05, 4.69) is 10.3 Å². The van der Waals surface area contributed by atoms with Crippen molar-refractivity contribution >= 4 is 17.5 Å². The second-order valence-corrected chi connectivity index (χ2v) is 5.61. The molecule has 1 aromatic carbocycles. The summed E-state index contributed by atoms with van der Waals surface area (Å²) in [7, 11) is 0. The first-order chi connectivity index (χ1) is 9.97. The highest BCUT2D eigenvalue weighted by molar-refractivity contribution is 6.30. The van der Waals surface area contributed by atoms with Gasteiger partial charge in [-0.1, -0.05) is 43.6 Å². The van der Waals surface area contributed by atoms with Crippen LogP contribution in [0.25, 0.3) is 0 Å². The third kappa shape index (κ3) is 3.95. The van der Waals surface area contributed by atoms with Gasteiger partial charge in [-0.2, -0.15) is 0 Å². The molecule has 2 rings (SSSR count). The summed E-state index contributed by atoms with van der Waals surface area (Å²) in [6.07, 6.45) is 0. The van der Waals surface area contributed by atoms with Gasteiger partial charge in [0.15, 0.2) is 0 Å². The number of aromatic amines is 1. The number of hydrogen-bond acceptors (Lipinski definition) is 2. The Balaban J connectivity index is 2.22. The van der Waals surface area contributed by atoms with Crippen molar-refractivity contribution in [3.63, 3.8) is 0 Å². The number of halogens is 1. The summed E-state index contributed by atoms with van der Waals surface area (Å²) in [6.45, 7) is 4.04. The van der Waals surface area contributed by atoms with Gasteiger partial charge >= 0.3 is 0 Å². The molecule has 1 heterocycles. The smallest absolute Gasteiger partial charge is 0.268 e. The van der Waals surface area contributed by atoms with Crippen molar-refractivity contribution in [1.82, 2.24) is 10.3 Å². The zero-order valence-electron chi connectivity index (χ0n) is 11.9. The van der Waals surface area contributed by atoms with Crippen LogP contribution in [0.15, 0.2) is 47.3 Å². The van der Waals surface area contributed by atoms with Crippen molar-refractivity contribution in [2.24, 2.45) is 5.92 Å². The first-order valence-electron chi connectivity index (χ1n) is 6.73. The van der Waals surface area contributed by atoms with E-state index in [9.17, 15) is 9.59 Å². The van der Waals surface area contributed by atoms with Crippen LogP contribution >= 0.6 is 11.6 Å². The van der Waals surface area contributed by atoms with Gasteiger partial charge in [0.25, 0.3) is 5.91 Å². The summed E-state index contributed by atoms with van der Waals surface area (Å²) in [5.74, 6) is -0.105. The molecule has 2 aromatic rings. The van der Waals surface area contributed by atoms with Crippen LogP contribution in [0.2, 0.25) is 5.02 Å². The predicted molar refractivity (Wildman–Crippen MR) is 83.6 cm³/mol. The molecular weight excluding hydrogens is 288 g/mol. The molecule has 5 heteroatoms. The van der Waals surface area contributed by atoms with Crippen LogP contribution in [0.1, 0.15) is 35.9 Å². The molecule has 21 heavy (non-hydrogen) atoms. The molecule has 0 aliphatic rings. The summed E-state index contributed by atoms with van der Waals surface area (Å²) in [5, 5.41) is 3.60. The fourth-order valence-corrected chi connectivity index (χ4v) is 2.23. The van der Waals surface area contributed by atoms with Gasteiger partial charge in [0.05, 0.1) is 6.04 Å². The largest absolute Gasteiger partial charge is 0.344 e. The molecule has 1 aromatic heterocycles. The van der Waals surface area contributed by atoms with E-state index in [0.29, 0.717) is 5.02 Å². The van der Waals surface area contributed by atoms with Crippen molar-refractivity contribution in [3.8, 4) is 0 Å². The fraction of sp³-hybridized carbons (Fsp3) is 0.250. The van der Waals surface area contributed by atoms with E-state index in [1.807, 2.05) is 26.0 Å². The maximum atomic E-state index is 12.2. The Morgan fingerprint density at radius 1 is 1.14 bits per heavy atom. The second kappa shape index (κ2) is 6.59. The predicted octanol–water partition coefficient (Wildman–Crippen LogP) is 3.16. The summed E-state index contributed by atoms with van der Waals surface area (Å²) in [6, 6.07) is 11.7. The van der Waals surface area contributed by atoms with E-state index in [1.165, 1.54) is 6.07 Å². The number of amides is 1. The highest BCUT2D eigenvalue weighted by Crippen LogP contribution is 2.23. The SMILES string of the molecule is CC(C)C(NC(=O)c1cccc(=O)[nH]1)c1ccc(Cl)cc1. The number of pyridine rings is 1. The molecule has 1 atom stereocenters. The maximum absolute atomic E-state index is 12.2. The number of benzene rings is 1. The summed E-state index contributed by atoms with van der Waals surface area (Å²) >= 11 is 5.89. The molecule has 110 valence electrons. The number of carbonyl (C=O) groups excluding carboxylic acids is 1. The number of H-pyrrole nitrogens is 1. The van der Waals surface area contributed by atoms with E-state index < -0.39 is 0 Å². The Morgan fingerprint density at radius 3 is 2.38 bits per heavy atom. The average molecular weight is 305 g/mol. The lowest BCUT2D eigenvalue weighted by molar-refractivity contribution is 0.0920. The quantitative estimate of drug-likeness (QED) is 0.911. The van der Waals surface area contributed by atoms with Crippen LogP contribution in [0, 0.1) is 5.92 Å². The average Bonchev–Trinajstić information content (AvgIpc) is 2.45. The van der Waals surface area contributed by atoms with Crippen LogP contribution in [-0.2, 0) is 0 Å². The van der Waals surface area contributed by atoms with Gasteiger partial charge in [0, 0.05) is 11.1 Å². The van der Waals surface area contributed by atoms with E-state index >= 15 is 0 Å². The molecular formula is C16H17ClN2O2. The standard InChI is InChI=1S/C16H17ClN2O2/c1-10(2)15(11-6-8-12(17)9-7-11)19-16(21)13-4-3-5-14(20)18-13/h3-10,15H,1-2H3,(H,18,20)(H,19,21). The monoisotopic (exact) mass is 304 g/mol. The Labute approximate surface area is 128 Å². The third-order valence-corrected chi connectivity index (χ3v) is 3.45. The fourth-order valence-electron chi connectivity index (χ4n) is 2.10. The number of carbonyl (C=O) groups is 1. The van der Waals surface area contributed by atoms with E-state index in [0.717, 1.165) is 5.56 Å². The van der Waals surface area contributed by atoms with Gasteiger partial charge in [-0.25, -0.2) is 0 Å². The highest BCUT2D eigenvalue weighted by Gasteiger charge is 2.19. The van der Waals surface area contributed by atoms with Crippen LogP contribution in [0.3, 0.4) is 0 Å². The summed E-state index contributed by atoms with van der Waals surface area (Å²) < 4.78 is 0. The van der Waals surface area contributed by atoms with Crippen molar-refractivity contribution < 1.29 is 4.79 Å². The highest BCUT2D eigenvalue weighted by atomic mass is 35.5. The van der Waals surface area contributed by atoms with Crippen LogP contribution in [0.5, 0.6) is 0 Å². The van der Waals surface area contributed by atoms with Crippen LogP contribution in [-0.4, -0.2) is 10.9 Å². The molecule has 1 amide bonds. The third-order valence-electron chi connectivity index (χ3n) is 3.20. The van der Waals surface area contributed by atoms with Gasteiger partial charge in [-0.3, -0.25) is 9.59 Å². The molecule has 0 saturated heterocycles. The minimum absolute atomic E-state index is 0.154. The van der Waals surface area contributed by atoms with Crippen LogP contribution < -0.4 is 10.9 Å². The minimum atomic E-state index is -0.304. The lowest BCUT2D eigenvalue weighted by Crippen LogP contribution is -2.33. The number of hydrogen-bond donors (Lipinski definition) is 2. The van der Waals surface area contributed by atoms with Gasteiger partial charge < -0.3 is 10.3 Å². The molecule has 0 aliphatic heterocycles. The molecule has 0 saturated carbocycles. The number of nitrogens with one attached hydrogen (secondary N) is 2. The molecule has 0 radical (unpaired) electrons. The first-order valence-corrected chi connectivity index (χ1v) is 7.11. The zero-order chi connectivity index (χ0) is 15.4. The molecule has 1 unspecified atom stereocenters. The Kier molecular flexibility index (Phi) is 4.81. The first kappa shape index (κ1) is 15.3. The number of rotatable bonds is 4. The van der Waals surface area contributed by atoms with Gasteiger partial charge in [-0.05, 0) is 29.7 Å². The van der Waals surface area contributed by atoms with E-state index in [4.69, 9.17) is 11.6 Å². The summed E-state index contributed by atoms with van der Waals surface area (Å²) in [5.41, 5.74) is 0.929. The van der Waals surface area contributed by atoms with E-state index in [-0.39, 0.29) is 29.1 Å². The Hall–Kier alpha value is -2.07. The van der Waals surface area contributed by atoms with Gasteiger partial charge in [-0.15, -0.1) is 0 Å². The van der Waals surface area contributed by atoms with Crippen molar-refractivity contribution in [2.75, 3.05) is 0 Å². The lowest BCUT2D eigenvalue weighted by Gasteiger charge is -2.23. The molecule has 0 spiro atoms. The molecule has 4 nitrogen and oxygen atoms in total. The summed E-state index contributed by atoms with van der Waals surface area (Å²) in [4.78, 5) is 26.0. The number of aromatic nitrogens is 1. The second-order valence-electron chi connectivity index (χ2n) is 5.18. The Morgan fingerprint density at radius 2 is 1.81 bits per heavy atom. The lowest BCUT2D eigenvalue weighted by atomic mass is 9.96. The van der Waals surface area contributed by atoms with Crippen molar-refractivity contribution in [1.29, 1.82) is 0 Å². The Bertz CT molecular complexity index is 677. The molecule has 0 fully saturated rings. The molecule has 2 N–H and O–H groups in total. The zero-order valence-corrected chi connectivity index (χ0v) is 12.6. The van der Waals surface area contributed by atoms with Crippen LogP contribution in [0.4, 0.5) is 0 Å². The molecule has 0 aliphatic carbocycles. The van der Waals surface area contributed by atoms with E-state index in [1.54, 1.807) is 24.3 Å². The van der Waals surface area contributed by atoms with Gasteiger partial charge in [0.1, 0.15) is 5.69 Å².